The molecule has 26 heavy (non-hydrogen) atoms. The first-order valence-electron chi connectivity index (χ1n) is 7.97. The summed E-state index contributed by atoms with van der Waals surface area (Å²) in [7, 11) is 0. The number of carbonyl (C=O) groups is 1. The van der Waals surface area contributed by atoms with E-state index in [1.807, 2.05) is 18.2 Å². The number of nitrogens with zero attached hydrogens (tertiary/aromatic N) is 2. The summed E-state index contributed by atoms with van der Waals surface area (Å²) < 4.78 is 7.98. The van der Waals surface area contributed by atoms with Crippen LogP contribution in [0.25, 0.3) is 10.2 Å². The molecule has 0 radical (unpaired) electrons. The number of aromatic nitrogens is 1. The van der Waals surface area contributed by atoms with Crippen LogP contribution in [0.3, 0.4) is 0 Å². The second-order valence-corrected chi connectivity index (χ2v) is 9.60. The predicted molar refractivity (Wildman–Crippen MR) is 109 cm³/mol. The van der Waals surface area contributed by atoms with Gasteiger partial charge in [-0.25, -0.2) is 4.98 Å². The predicted octanol–water partition coefficient (Wildman–Crippen LogP) is 6.00. The molecule has 4 nitrogen and oxygen atoms in total. The van der Waals surface area contributed by atoms with E-state index in [9.17, 15) is 4.79 Å². The summed E-state index contributed by atoms with van der Waals surface area (Å²) in [6.45, 7) is 1.22. The molecule has 1 saturated heterocycles. The Kier molecular flexibility index (Phi) is 5.30. The molecule has 9 heteroatoms. The highest BCUT2D eigenvalue weighted by atomic mass is 35.5. The van der Waals surface area contributed by atoms with Crippen LogP contribution in [0.2, 0.25) is 13.7 Å². The fourth-order valence-electron chi connectivity index (χ4n) is 2.92. The van der Waals surface area contributed by atoms with Gasteiger partial charge in [-0.3, -0.25) is 4.79 Å². The van der Waals surface area contributed by atoms with Crippen LogP contribution in [0.1, 0.15) is 23.2 Å². The number of piperidine rings is 1. The minimum Gasteiger partial charge on any atom is -0.467 e. The number of likely N-dealkylation sites (tertiary alicyclic amines) is 1. The monoisotopic (exact) mass is 446 g/mol. The maximum Gasteiger partial charge on any atom is 0.274 e. The van der Waals surface area contributed by atoms with Crippen LogP contribution in [-0.2, 0) is 0 Å². The number of hydrogen-bond donors (Lipinski definition) is 0. The number of halogens is 3. The van der Waals surface area contributed by atoms with Crippen molar-refractivity contribution >= 4 is 73.6 Å². The highest BCUT2D eigenvalue weighted by Gasteiger charge is 2.27. The van der Waals surface area contributed by atoms with Crippen LogP contribution < -0.4 is 4.74 Å². The van der Waals surface area contributed by atoms with Crippen molar-refractivity contribution in [2.45, 2.75) is 18.9 Å². The molecular weight excluding hydrogens is 435 g/mol. The molecule has 1 aliphatic heterocycles. The second kappa shape index (κ2) is 7.52. The molecule has 1 fully saturated rings. The van der Waals surface area contributed by atoms with Crippen LogP contribution >= 0.6 is 57.5 Å². The van der Waals surface area contributed by atoms with E-state index in [1.54, 1.807) is 11.0 Å². The van der Waals surface area contributed by atoms with Crippen molar-refractivity contribution in [1.82, 2.24) is 9.88 Å². The van der Waals surface area contributed by atoms with Gasteiger partial charge in [0.25, 0.3) is 11.1 Å². The summed E-state index contributed by atoms with van der Waals surface area (Å²) in [4.78, 5) is 18.8. The first-order chi connectivity index (χ1) is 12.5. The lowest BCUT2D eigenvalue weighted by Gasteiger charge is -2.31. The second-order valence-electron chi connectivity index (χ2n) is 5.91. The van der Waals surface area contributed by atoms with Gasteiger partial charge < -0.3 is 9.64 Å². The Morgan fingerprint density at radius 3 is 2.62 bits per heavy atom. The number of carbonyl (C=O) groups excluding carboxylic acids is 1. The van der Waals surface area contributed by atoms with E-state index in [0.29, 0.717) is 37.5 Å². The standard InChI is InChI=1S/C17H13Cl3N2O2S2/c18-11-2-1-3-12-14(11)21-17(25-12)24-9-4-6-22(7-5-9)16(23)10-8-13(19)26-15(10)20/h1-3,8-9H,4-7H2. The average molecular weight is 448 g/mol. The molecule has 1 aliphatic rings. The van der Waals surface area contributed by atoms with Crippen molar-refractivity contribution in [2.75, 3.05) is 13.1 Å². The Balaban J connectivity index is 1.39. The molecule has 0 spiro atoms. The van der Waals surface area contributed by atoms with Crippen molar-refractivity contribution in [2.24, 2.45) is 0 Å². The van der Waals surface area contributed by atoms with Crippen LogP contribution in [0.4, 0.5) is 0 Å². The Hall–Kier alpha value is -1.05. The third kappa shape index (κ3) is 3.66. The summed E-state index contributed by atoms with van der Waals surface area (Å²) >= 11 is 20.9. The van der Waals surface area contributed by atoms with Gasteiger partial charge >= 0.3 is 0 Å². The molecule has 1 aromatic carbocycles. The maximum absolute atomic E-state index is 12.6. The number of benzene rings is 1. The highest BCUT2D eigenvalue weighted by molar-refractivity contribution is 7.20. The van der Waals surface area contributed by atoms with E-state index in [-0.39, 0.29) is 12.0 Å². The van der Waals surface area contributed by atoms with Crippen molar-refractivity contribution in [3.63, 3.8) is 0 Å². The zero-order valence-corrected chi connectivity index (χ0v) is 17.3. The van der Waals surface area contributed by atoms with E-state index >= 15 is 0 Å². The SMILES string of the molecule is O=C(c1cc(Cl)sc1Cl)N1CCC(Oc2nc3c(Cl)cccc3s2)CC1. The average Bonchev–Trinajstić information content (AvgIpc) is 3.18. The Labute approximate surface area is 173 Å². The van der Waals surface area contributed by atoms with Crippen LogP contribution in [0.15, 0.2) is 24.3 Å². The number of thiophene rings is 1. The molecule has 2 aromatic heterocycles. The van der Waals surface area contributed by atoms with E-state index < -0.39 is 0 Å². The summed E-state index contributed by atoms with van der Waals surface area (Å²) in [6, 6.07) is 7.32. The summed E-state index contributed by atoms with van der Waals surface area (Å²) in [5.74, 6) is -0.0802. The molecule has 3 aromatic rings. The lowest BCUT2D eigenvalue weighted by Crippen LogP contribution is -2.41. The third-order valence-electron chi connectivity index (χ3n) is 4.23. The number of hydrogen-bond acceptors (Lipinski definition) is 5. The molecule has 0 N–H and O–H groups in total. The molecule has 0 saturated carbocycles. The van der Waals surface area contributed by atoms with Crippen molar-refractivity contribution in [3.8, 4) is 5.19 Å². The zero-order valence-electron chi connectivity index (χ0n) is 13.4. The molecule has 4 rings (SSSR count). The minimum atomic E-state index is -0.0802. The molecule has 0 atom stereocenters. The number of para-hydroxylation sites is 1. The first kappa shape index (κ1) is 18.3. The van der Waals surface area contributed by atoms with Gasteiger partial charge in [0.2, 0.25) is 0 Å². The normalized spacial score (nSPS) is 15.6. The van der Waals surface area contributed by atoms with Gasteiger partial charge in [-0.1, -0.05) is 52.2 Å². The Morgan fingerprint density at radius 1 is 1.19 bits per heavy atom. The zero-order chi connectivity index (χ0) is 18.3. The number of ether oxygens (including phenoxy) is 1. The minimum absolute atomic E-state index is 0.0277. The topological polar surface area (TPSA) is 42.4 Å². The fraction of sp³-hybridized carbons (Fsp3) is 0.294. The molecule has 0 unspecified atom stereocenters. The lowest BCUT2D eigenvalue weighted by molar-refractivity contribution is 0.0596. The van der Waals surface area contributed by atoms with Gasteiger partial charge in [-0.2, -0.15) is 0 Å². The van der Waals surface area contributed by atoms with Gasteiger partial charge in [0.15, 0.2) is 0 Å². The maximum atomic E-state index is 12.6. The van der Waals surface area contributed by atoms with Crippen molar-refractivity contribution in [3.05, 3.63) is 43.5 Å². The van der Waals surface area contributed by atoms with E-state index in [0.717, 1.165) is 23.1 Å². The molecule has 0 aliphatic carbocycles. The number of fused-ring (bicyclic) bond motifs is 1. The van der Waals surface area contributed by atoms with Gasteiger partial charge in [0.05, 0.1) is 19.6 Å². The Morgan fingerprint density at radius 2 is 1.96 bits per heavy atom. The number of amides is 1. The van der Waals surface area contributed by atoms with Crippen molar-refractivity contribution in [1.29, 1.82) is 0 Å². The van der Waals surface area contributed by atoms with E-state index in [4.69, 9.17) is 39.5 Å². The highest BCUT2D eigenvalue weighted by Crippen LogP contribution is 2.34. The van der Waals surface area contributed by atoms with Crippen LogP contribution in [0.5, 0.6) is 5.19 Å². The lowest BCUT2D eigenvalue weighted by atomic mass is 10.1. The quantitative estimate of drug-likeness (QED) is 0.494. The smallest absolute Gasteiger partial charge is 0.274 e. The summed E-state index contributed by atoms with van der Waals surface area (Å²) in [5.41, 5.74) is 1.24. The van der Waals surface area contributed by atoms with Gasteiger partial charge in [-0.05, 0) is 18.2 Å². The van der Waals surface area contributed by atoms with Crippen LogP contribution in [-0.4, -0.2) is 35.0 Å². The third-order valence-corrected chi connectivity index (χ3v) is 6.94. The Bertz CT molecular complexity index is 964. The first-order valence-corrected chi connectivity index (χ1v) is 10.7. The largest absolute Gasteiger partial charge is 0.467 e. The summed E-state index contributed by atoms with van der Waals surface area (Å²) in [5, 5.41) is 1.24. The van der Waals surface area contributed by atoms with Gasteiger partial charge in [0.1, 0.15) is 16.0 Å². The molecule has 3 heterocycles. The molecule has 0 bridgehead atoms. The number of rotatable bonds is 3. The van der Waals surface area contributed by atoms with Crippen molar-refractivity contribution < 1.29 is 9.53 Å². The molecule has 1 amide bonds. The summed E-state index contributed by atoms with van der Waals surface area (Å²) in [6.07, 6.45) is 1.51. The van der Waals surface area contributed by atoms with Crippen LogP contribution in [0, 0.1) is 0 Å². The fourth-order valence-corrected chi connectivity index (χ4v) is 5.55. The van der Waals surface area contributed by atoms with E-state index in [1.165, 1.54) is 22.7 Å². The van der Waals surface area contributed by atoms with E-state index in [2.05, 4.69) is 4.98 Å². The van der Waals surface area contributed by atoms with Gasteiger partial charge in [-0.15, -0.1) is 11.3 Å². The number of thiazole rings is 1. The molecular formula is C17H13Cl3N2O2S2. The van der Waals surface area contributed by atoms with Gasteiger partial charge in [0, 0.05) is 25.9 Å². The molecule has 136 valence electrons.